The molecule has 5 atom stereocenters. The monoisotopic (exact) mass is 554 g/mol. The van der Waals surface area contributed by atoms with Gasteiger partial charge in [-0.15, -0.1) is 0 Å². The van der Waals surface area contributed by atoms with Crippen molar-refractivity contribution >= 4 is 0 Å². The zero-order chi connectivity index (χ0) is 30.4. The zero-order valence-corrected chi connectivity index (χ0v) is 26.3. The van der Waals surface area contributed by atoms with E-state index >= 15 is 0 Å². The second kappa shape index (κ2) is 18.1. The van der Waals surface area contributed by atoms with Crippen LogP contribution in [0.25, 0.3) is 0 Å². The van der Waals surface area contributed by atoms with Gasteiger partial charge in [-0.25, -0.2) is 4.79 Å². The molecule has 0 aliphatic carbocycles. The lowest BCUT2D eigenvalue weighted by atomic mass is 9.91. The molecule has 1 unspecified atom stereocenters. The summed E-state index contributed by atoms with van der Waals surface area (Å²) >= 11 is 0. The summed E-state index contributed by atoms with van der Waals surface area (Å²) < 4.78 is 5.53. The van der Waals surface area contributed by atoms with Crippen LogP contribution in [0.15, 0.2) is 79.6 Å². The first-order chi connectivity index (χ1) is 18.8. The average Bonchev–Trinajstić information content (AvgIpc) is 2.92. The summed E-state index contributed by atoms with van der Waals surface area (Å²) in [6.07, 6.45) is 13.0. The van der Waals surface area contributed by atoms with Gasteiger partial charge in [0.25, 0.3) is 0 Å². The molecule has 40 heavy (non-hydrogen) atoms. The van der Waals surface area contributed by atoms with Crippen molar-refractivity contribution in [2.75, 3.05) is 0 Å². The lowest BCUT2D eigenvalue weighted by Crippen LogP contribution is -2.29. The third kappa shape index (κ3) is 12.0. The van der Waals surface area contributed by atoms with E-state index in [-0.39, 0.29) is 17.5 Å². The minimum Gasteiger partial charge on any atom is -0.427 e. The van der Waals surface area contributed by atoms with Gasteiger partial charge in [0.05, 0.1) is 18.3 Å². The molecular weight excluding hydrogens is 500 g/mol. The van der Waals surface area contributed by atoms with E-state index in [9.17, 15) is 20.1 Å². The molecule has 0 bridgehead atoms. The third-order valence-corrected chi connectivity index (χ3v) is 7.76. The van der Waals surface area contributed by atoms with Crippen LogP contribution in [-0.4, -0.2) is 33.6 Å². The Kier molecular flexibility index (Phi) is 16.1. The predicted molar refractivity (Wildman–Crippen MR) is 167 cm³/mol. The van der Waals surface area contributed by atoms with E-state index in [4.69, 9.17) is 4.42 Å². The van der Waals surface area contributed by atoms with Crippen molar-refractivity contribution in [2.45, 2.75) is 125 Å². The number of hydrogen-bond acceptors (Lipinski definition) is 5. The van der Waals surface area contributed by atoms with Crippen molar-refractivity contribution in [3.63, 3.8) is 0 Å². The molecule has 0 aliphatic rings. The number of hydrogen-bond donors (Lipinski definition) is 3. The van der Waals surface area contributed by atoms with Crippen LogP contribution in [-0.2, 0) is 6.42 Å². The highest BCUT2D eigenvalue weighted by atomic mass is 16.4. The van der Waals surface area contributed by atoms with E-state index in [0.29, 0.717) is 24.2 Å². The molecule has 0 aromatic carbocycles. The standard InChI is InChI=1S/C35H54O5/c1-10-12-16-30-18-20-32(40-35(30)39)29(9)34(38)27(7)15-13-14-23(3)21-25(5)22-24(4)17-19-31(36)28(8)33(37)26(6)11-2/h11,14-15,17-18,20,22,28-29,31,33-34,36-38H,10,12-13,16,19,21H2,1-9H3/b23-14+,24-17+,25-22+,26-11+,27-15+/t28-,29?,31-,33-,34-/m1/s1. The Labute approximate surface area is 242 Å². The summed E-state index contributed by atoms with van der Waals surface area (Å²) in [6.45, 7) is 17.8. The summed E-state index contributed by atoms with van der Waals surface area (Å²) in [7, 11) is 0. The molecule has 0 radical (unpaired) electrons. The lowest BCUT2D eigenvalue weighted by molar-refractivity contribution is 0.0415. The molecular formula is C35H54O5. The highest BCUT2D eigenvalue weighted by Gasteiger charge is 2.23. The Morgan fingerprint density at radius 1 is 0.925 bits per heavy atom. The van der Waals surface area contributed by atoms with Crippen LogP contribution in [0.2, 0.25) is 0 Å². The number of aryl methyl sites for hydroxylation is 1. The maximum Gasteiger partial charge on any atom is 0.339 e. The fraction of sp³-hybridized carbons (Fsp3) is 0.571. The van der Waals surface area contributed by atoms with Crippen LogP contribution in [0.1, 0.15) is 112 Å². The normalized spacial score (nSPS) is 17.9. The molecule has 1 rings (SSSR count). The molecule has 1 heterocycles. The van der Waals surface area contributed by atoms with Crippen LogP contribution in [0, 0.1) is 5.92 Å². The molecule has 0 fully saturated rings. The fourth-order valence-electron chi connectivity index (χ4n) is 4.70. The van der Waals surface area contributed by atoms with Gasteiger partial charge in [-0.05, 0) is 96.9 Å². The first-order valence-electron chi connectivity index (χ1n) is 14.8. The van der Waals surface area contributed by atoms with Gasteiger partial charge < -0.3 is 19.7 Å². The van der Waals surface area contributed by atoms with Crippen molar-refractivity contribution in [1.82, 2.24) is 0 Å². The topological polar surface area (TPSA) is 90.9 Å². The van der Waals surface area contributed by atoms with Gasteiger partial charge in [0.15, 0.2) is 0 Å². The molecule has 3 N–H and O–H groups in total. The van der Waals surface area contributed by atoms with E-state index < -0.39 is 18.3 Å². The molecule has 1 aromatic heterocycles. The molecule has 0 aliphatic heterocycles. The number of aliphatic hydroxyl groups is 3. The van der Waals surface area contributed by atoms with Gasteiger partial charge in [-0.3, -0.25) is 0 Å². The summed E-state index contributed by atoms with van der Waals surface area (Å²) in [5, 5.41) is 31.7. The molecule has 5 heteroatoms. The van der Waals surface area contributed by atoms with Crippen molar-refractivity contribution in [3.8, 4) is 0 Å². The summed E-state index contributed by atoms with van der Waals surface area (Å²) in [5.74, 6) is -0.0401. The van der Waals surface area contributed by atoms with Gasteiger partial charge >= 0.3 is 5.63 Å². The van der Waals surface area contributed by atoms with Crippen molar-refractivity contribution in [3.05, 3.63) is 92.1 Å². The first kappa shape index (κ1) is 35.6. The van der Waals surface area contributed by atoms with Crippen molar-refractivity contribution in [2.24, 2.45) is 5.92 Å². The molecule has 0 amide bonds. The number of rotatable bonds is 16. The van der Waals surface area contributed by atoms with Gasteiger partial charge in [0.2, 0.25) is 0 Å². The molecule has 0 saturated carbocycles. The number of allylic oxidation sites excluding steroid dienone is 7. The summed E-state index contributed by atoms with van der Waals surface area (Å²) in [4.78, 5) is 12.3. The average molecular weight is 555 g/mol. The molecule has 5 nitrogen and oxygen atoms in total. The molecule has 0 spiro atoms. The summed E-state index contributed by atoms with van der Waals surface area (Å²) in [5.41, 5.74) is 5.66. The second-order valence-electron chi connectivity index (χ2n) is 11.5. The van der Waals surface area contributed by atoms with Crippen LogP contribution in [0.5, 0.6) is 0 Å². The smallest absolute Gasteiger partial charge is 0.339 e. The Bertz CT molecular complexity index is 1130. The highest BCUT2D eigenvalue weighted by molar-refractivity contribution is 5.25. The van der Waals surface area contributed by atoms with E-state index in [0.717, 1.165) is 42.4 Å². The number of aliphatic hydroxyl groups excluding tert-OH is 3. The minimum absolute atomic E-state index is 0.233. The van der Waals surface area contributed by atoms with Crippen molar-refractivity contribution in [1.29, 1.82) is 0 Å². The molecule has 1 aromatic rings. The second-order valence-corrected chi connectivity index (χ2v) is 11.5. The van der Waals surface area contributed by atoms with Gasteiger partial charge in [-0.2, -0.15) is 0 Å². The van der Waals surface area contributed by atoms with E-state index in [1.807, 2.05) is 71.9 Å². The number of unbranched alkanes of at least 4 members (excludes halogenated alkanes) is 1. The SMILES string of the molecule is C/C=C(\C)[C@@H](O)[C@H](C)[C@H](O)C/C=C(C)/C=C(\C)C/C(C)=C/C/C=C(\C)[C@@H](O)C(C)c1ccc(CCCC)c(=O)o1. The van der Waals surface area contributed by atoms with Gasteiger partial charge in [0.1, 0.15) is 5.76 Å². The Morgan fingerprint density at radius 3 is 2.20 bits per heavy atom. The zero-order valence-electron chi connectivity index (χ0n) is 26.3. The molecule has 224 valence electrons. The van der Waals surface area contributed by atoms with E-state index in [1.165, 1.54) is 11.1 Å². The van der Waals surface area contributed by atoms with Gasteiger partial charge in [-0.1, -0.05) is 74.3 Å². The summed E-state index contributed by atoms with van der Waals surface area (Å²) in [6, 6.07) is 3.65. The minimum atomic E-state index is -0.728. The van der Waals surface area contributed by atoms with E-state index in [2.05, 4.69) is 32.9 Å². The maximum atomic E-state index is 12.3. The van der Waals surface area contributed by atoms with Crippen molar-refractivity contribution < 1.29 is 19.7 Å². The maximum absolute atomic E-state index is 12.3. The van der Waals surface area contributed by atoms with Crippen LogP contribution < -0.4 is 5.63 Å². The largest absolute Gasteiger partial charge is 0.427 e. The first-order valence-corrected chi connectivity index (χ1v) is 14.8. The van der Waals surface area contributed by atoms with Crippen LogP contribution in [0.3, 0.4) is 0 Å². The lowest BCUT2D eigenvalue weighted by Gasteiger charge is -2.24. The Morgan fingerprint density at radius 2 is 1.60 bits per heavy atom. The van der Waals surface area contributed by atoms with Gasteiger partial charge in [0, 0.05) is 17.4 Å². The van der Waals surface area contributed by atoms with E-state index in [1.54, 1.807) is 0 Å². The third-order valence-electron chi connectivity index (χ3n) is 7.76. The van der Waals surface area contributed by atoms with Crippen LogP contribution in [0.4, 0.5) is 0 Å². The quantitative estimate of drug-likeness (QED) is 0.144. The highest BCUT2D eigenvalue weighted by Crippen LogP contribution is 2.24. The van der Waals surface area contributed by atoms with Crippen LogP contribution >= 0.6 is 0 Å². The Balaban J connectivity index is 2.70. The predicted octanol–water partition coefficient (Wildman–Crippen LogP) is 7.73. The fourth-order valence-corrected chi connectivity index (χ4v) is 4.70. The molecule has 0 saturated heterocycles. The Hall–Kier alpha value is -2.47.